The number of aromatic nitrogens is 2. The van der Waals surface area contributed by atoms with Crippen LogP contribution in [0.1, 0.15) is 73.6 Å². The van der Waals surface area contributed by atoms with Gasteiger partial charge < -0.3 is 14.2 Å². The maximum Gasteiger partial charge on any atom is 0.256 e. The van der Waals surface area contributed by atoms with Gasteiger partial charge in [-0.05, 0) is 68.4 Å². The zero-order valence-electron chi connectivity index (χ0n) is 19.9. The van der Waals surface area contributed by atoms with Crippen LogP contribution < -0.4 is 4.74 Å². The van der Waals surface area contributed by atoms with Crippen molar-refractivity contribution in [3.8, 4) is 5.75 Å². The van der Waals surface area contributed by atoms with Crippen molar-refractivity contribution in [2.24, 2.45) is 5.92 Å². The Labute approximate surface area is 196 Å². The first-order valence-corrected chi connectivity index (χ1v) is 12.6. The molecule has 5 rings (SSSR count). The van der Waals surface area contributed by atoms with Crippen LogP contribution in [0, 0.1) is 5.92 Å². The highest BCUT2D eigenvalue weighted by molar-refractivity contribution is 6.05. The van der Waals surface area contributed by atoms with E-state index in [0.717, 1.165) is 59.9 Å². The third-order valence-electron chi connectivity index (χ3n) is 7.27. The molecule has 2 saturated carbocycles. The minimum absolute atomic E-state index is 0.108. The lowest BCUT2D eigenvalue weighted by Crippen LogP contribution is -2.38. The van der Waals surface area contributed by atoms with Crippen molar-refractivity contribution in [1.29, 1.82) is 0 Å². The maximum atomic E-state index is 13.5. The lowest BCUT2D eigenvalue weighted by atomic mass is 9.94. The fourth-order valence-corrected chi connectivity index (χ4v) is 5.14. The molecule has 1 aromatic heterocycles. The average molecular weight is 446 g/mol. The topological polar surface area (TPSA) is 47.4 Å². The monoisotopic (exact) mass is 445 g/mol. The Morgan fingerprint density at radius 3 is 2.52 bits per heavy atom. The second kappa shape index (κ2) is 9.58. The van der Waals surface area contributed by atoms with Gasteiger partial charge in [0, 0.05) is 26.1 Å². The number of benzene rings is 2. The highest BCUT2D eigenvalue weighted by atomic mass is 16.5. The number of imidazole rings is 1. The van der Waals surface area contributed by atoms with Gasteiger partial charge in [0.15, 0.2) is 0 Å². The standard InChI is InChI=1S/C28H35N3O2/c1-3-33-23-16-14-20(15-17-23)18-26-29-27-24(28(32)30(2)22-8-5-4-6-9-22)10-7-11-25(27)31(26)19-21-12-13-21/h7,10-11,14-17,21-22H,3-6,8-9,12-13,18-19H2,1-2H3. The fourth-order valence-electron chi connectivity index (χ4n) is 5.14. The van der Waals surface area contributed by atoms with E-state index in [2.05, 4.69) is 22.8 Å². The molecule has 3 aromatic rings. The number of rotatable bonds is 8. The minimum Gasteiger partial charge on any atom is -0.494 e. The summed E-state index contributed by atoms with van der Waals surface area (Å²) in [5.74, 6) is 2.77. The van der Waals surface area contributed by atoms with Gasteiger partial charge in [-0.25, -0.2) is 4.98 Å². The molecule has 2 aliphatic rings. The Hall–Kier alpha value is -2.82. The van der Waals surface area contributed by atoms with Gasteiger partial charge in [-0.1, -0.05) is 37.5 Å². The van der Waals surface area contributed by atoms with E-state index < -0.39 is 0 Å². The zero-order chi connectivity index (χ0) is 22.8. The van der Waals surface area contributed by atoms with E-state index in [1.54, 1.807) is 0 Å². The Balaban J connectivity index is 1.47. The summed E-state index contributed by atoms with van der Waals surface area (Å²) >= 11 is 0. The predicted molar refractivity (Wildman–Crippen MR) is 132 cm³/mol. The molecule has 174 valence electrons. The summed E-state index contributed by atoms with van der Waals surface area (Å²) in [6.45, 7) is 3.65. The van der Waals surface area contributed by atoms with Gasteiger partial charge in [0.25, 0.3) is 5.91 Å². The Bertz CT molecular complexity index is 1110. The van der Waals surface area contributed by atoms with E-state index in [-0.39, 0.29) is 5.91 Å². The molecule has 0 N–H and O–H groups in total. The van der Waals surface area contributed by atoms with Crippen molar-refractivity contribution >= 4 is 16.9 Å². The molecule has 0 radical (unpaired) electrons. The van der Waals surface area contributed by atoms with Crippen molar-refractivity contribution in [2.75, 3.05) is 13.7 Å². The van der Waals surface area contributed by atoms with Crippen LogP contribution in [0.5, 0.6) is 5.75 Å². The highest BCUT2D eigenvalue weighted by Crippen LogP contribution is 2.34. The fraction of sp³-hybridized carbons (Fsp3) is 0.500. The van der Waals surface area contributed by atoms with Crippen LogP contribution in [-0.2, 0) is 13.0 Å². The van der Waals surface area contributed by atoms with Crippen molar-refractivity contribution in [1.82, 2.24) is 14.5 Å². The molecule has 0 aliphatic heterocycles. The predicted octanol–water partition coefficient (Wildman–Crippen LogP) is 5.84. The molecular formula is C28H35N3O2. The second-order valence-electron chi connectivity index (χ2n) is 9.72. The number of para-hydroxylation sites is 1. The molecule has 0 saturated heterocycles. The molecule has 5 nitrogen and oxygen atoms in total. The number of ether oxygens (including phenoxy) is 1. The van der Waals surface area contributed by atoms with Gasteiger partial charge in [0.05, 0.1) is 17.7 Å². The van der Waals surface area contributed by atoms with Crippen molar-refractivity contribution < 1.29 is 9.53 Å². The number of carbonyl (C=O) groups is 1. The van der Waals surface area contributed by atoms with Crippen LogP contribution in [-0.4, -0.2) is 40.1 Å². The first kappa shape index (κ1) is 22.0. The van der Waals surface area contributed by atoms with Gasteiger partial charge in [-0.3, -0.25) is 4.79 Å². The number of fused-ring (bicyclic) bond motifs is 1. The molecule has 2 fully saturated rings. The molecule has 2 aromatic carbocycles. The van der Waals surface area contributed by atoms with E-state index in [1.165, 1.54) is 37.7 Å². The minimum atomic E-state index is 0.108. The lowest BCUT2D eigenvalue weighted by Gasteiger charge is -2.31. The molecule has 0 unspecified atom stereocenters. The molecular weight excluding hydrogens is 410 g/mol. The number of carbonyl (C=O) groups excluding carboxylic acids is 1. The third kappa shape index (κ3) is 4.78. The Morgan fingerprint density at radius 2 is 1.82 bits per heavy atom. The third-order valence-corrected chi connectivity index (χ3v) is 7.27. The summed E-state index contributed by atoms with van der Waals surface area (Å²) in [7, 11) is 1.97. The van der Waals surface area contributed by atoms with E-state index in [0.29, 0.717) is 12.6 Å². The molecule has 33 heavy (non-hydrogen) atoms. The largest absolute Gasteiger partial charge is 0.494 e. The van der Waals surface area contributed by atoms with E-state index in [9.17, 15) is 4.79 Å². The number of nitrogens with zero attached hydrogens (tertiary/aromatic N) is 3. The Kier molecular flexibility index (Phi) is 6.39. The van der Waals surface area contributed by atoms with Gasteiger partial charge in [0.1, 0.15) is 17.1 Å². The second-order valence-corrected chi connectivity index (χ2v) is 9.72. The summed E-state index contributed by atoms with van der Waals surface area (Å²) in [6.07, 6.45) is 9.25. The quantitative estimate of drug-likeness (QED) is 0.438. The summed E-state index contributed by atoms with van der Waals surface area (Å²) in [5, 5.41) is 0. The van der Waals surface area contributed by atoms with Gasteiger partial charge in [0.2, 0.25) is 0 Å². The zero-order valence-corrected chi connectivity index (χ0v) is 19.9. The van der Waals surface area contributed by atoms with Crippen molar-refractivity contribution in [3.63, 3.8) is 0 Å². The summed E-state index contributed by atoms with van der Waals surface area (Å²) in [6, 6.07) is 14.8. The van der Waals surface area contributed by atoms with Gasteiger partial charge in [-0.15, -0.1) is 0 Å². The van der Waals surface area contributed by atoms with Crippen LogP contribution in [0.2, 0.25) is 0 Å². The maximum absolute atomic E-state index is 13.5. The average Bonchev–Trinajstić information content (AvgIpc) is 3.61. The van der Waals surface area contributed by atoms with Crippen LogP contribution in [0.15, 0.2) is 42.5 Å². The molecule has 1 amide bonds. The van der Waals surface area contributed by atoms with Crippen LogP contribution in [0.25, 0.3) is 11.0 Å². The summed E-state index contributed by atoms with van der Waals surface area (Å²) < 4.78 is 7.96. The summed E-state index contributed by atoms with van der Waals surface area (Å²) in [4.78, 5) is 20.6. The molecule has 0 spiro atoms. The molecule has 5 heteroatoms. The number of hydrogen-bond acceptors (Lipinski definition) is 3. The lowest BCUT2D eigenvalue weighted by molar-refractivity contribution is 0.0698. The molecule has 2 aliphatic carbocycles. The van der Waals surface area contributed by atoms with Crippen molar-refractivity contribution in [2.45, 2.75) is 70.9 Å². The molecule has 0 bridgehead atoms. The smallest absolute Gasteiger partial charge is 0.256 e. The van der Waals surface area contributed by atoms with Gasteiger partial charge in [-0.2, -0.15) is 0 Å². The van der Waals surface area contributed by atoms with E-state index in [4.69, 9.17) is 9.72 Å². The van der Waals surface area contributed by atoms with Crippen LogP contribution in [0.3, 0.4) is 0 Å². The first-order valence-electron chi connectivity index (χ1n) is 12.6. The molecule has 1 heterocycles. The SMILES string of the molecule is CCOc1ccc(Cc2nc3c(C(=O)N(C)C4CCCCC4)cccc3n2CC2CC2)cc1. The van der Waals surface area contributed by atoms with E-state index >= 15 is 0 Å². The van der Waals surface area contributed by atoms with E-state index in [1.807, 2.05) is 43.1 Å². The number of hydrogen-bond donors (Lipinski definition) is 0. The van der Waals surface area contributed by atoms with Gasteiger partial charge >= 0.3 is 0 Å². The Morgan fingerprint density at radius 1 is 1.06 bits per heavy atom. The van der Waals surface area contributed by atoms with Crippen molar-refractivity contribution in [3.05, 3.63) is 59.4 Å². The highest BCUT2D eigenvalue weighted by Gasteiger charge is 2.28. The summed E-state index contributed by atoms with van der Waals surface area (Å²) in [5.41, 5.74) is 3.89. The number of amides is 1. The van der Waals surface area contributed by atoms with Crippen LogP contribution >= 0.6 is 0 Å². The van der Waals surface area contributed by atoms with Crippen LogP contribution in [0.4, 0.5) is 0 Å². The molecule has 0 atom stereocenters. The normalized spacial score (nSPS) is 16.8. The first-order chi connectivity index (χ1) is 16.1.